The van der Waals surface area contributed by atoms with Crippen LogP contribution >= 0.6 is 0 Å². The number of rotatable bonds is 3. The summed E-state index contributed by atoms with van der Waals surface area (Å²) in [7, 11) is 0. The number of carboxylic acids is 1. The summed E-state index contributed by atoms with van der Waals surface area (Å²) in [5, 5.41) is 8.94. The molecule has 0 radical (unpaired) electrons. The molecule has 2 aromatic rings. The maximum Gasteiger partial charge on any atom is 0.341 e. The van der Waals surface area contributed by atoms with Crippen molar-refractivity contribution < 1.29 is 14.3 Å². The van der Waals surface area contributed by atoms with Crippen molar-refractivity contribution in [2.75, 3.05) is 18.0 Å². The van der Waals surface area contributed by atoms with Gasteiger partial charge in [-0.25, -0.2) is 14.2 Å². The summed E-state index contributed by atoms with van der Waals surface area (Å²) in [6.45, 7) is 4.50. The molecule has 8 heteroatoms. The summed E-state index contributed by atoms with van der Waals surface area (Å²) in [5.41, 5.74) is 4.58. The number of carboxylic acid groups (broad SMARTS) is 1. The fraction of sp³-hybridized carbons (Fsp3) is 0.214. The van der Waals surface area contributed by atoms with Crippen LogP contribution in [0.5, 0.6) is 0 Å². The number of fused-ring (bicyclic) bond motifs is 1. The molecule has 0 aromatic carbocycles. The first-order chi connectivity index (χ1) is 10.4. The second-order valence-corrected chi connectivity index (χ2v) is 5.10. The molecule has 2 aromatic heterocycles. The normalized spacial score (nSPS) is 14.9. The number of nitrogens with zero attached hydrogens (tertiary/aromatic N) is 3. The number of anilines is 1. The van der Waals surface area contributed by atoms with E-state index in [0.717, 1.165) is 12.3 Å². The first-order valence-electron chi connectivity index (χ1n) is 6.54. The number of nitrogens with two attached hydrogens (primary N) is 1. The Bertz CT molecular complexity index is 855. The molecule has 0 bridgehead atoms. The quantitative estimate of drug-likeness (QED) is 0.855. The number of hydrogen-bond acceptors (Lipinski definition) is 5. The average molecular weight is 304 g/mol. The minimum Gasteiger partial charge on any atom is -0.477 e. The molecule has 22 heavy (non-hydrogen) atoms. The average Bonchev–Trinajstić information content (AvgIpc) is 2.44. The van der Waals surface area contributed by atoms with E-state index in [-0.39, 0.29) is 22.9 Å². The number of aromatic carboxylic acids is 1. The van der Waals surface area contributed by atoms with Crippen LogP contribution in [0.1, 0.15) is 10.4 Å². The van der Waals surface area contributed by atoms with Gasteiger partial charge in [0, 0.05) is 31.5 Å². The van der Waals surface area contributed by atoms with Crippen molar-refractivity contribution in [2.45, 2.75) is 6.04 Å². The highest BCUT2D eigenvalue weighted by Crippen LogP contribution is 2.24. The Morgan fingerprint density at radius 3 is 2.77 bits per heavy atom. The molecule has 7 nitrogen and oxygen atoms in total. The molecule has 0 atom stereocenters. The van der Waals surface area contributed by atoms with Crippen molar-refractivity contribution in [3.05, 3.63) is 40.4 Å². The van der Waals surface area contributed by atoms with Gasteiger partial charge in [-0.15, -0.1) is 0 Å². The predicted molar refractivity (Wildman–Crippen MR) is 79.5 cm³/mol. The lowest BCUT2D eigenvalue weighted by molar-refractivity contribution is 0.0695. The van der Waals surface area contributed by atoms with E-state index in [4.69, 9.17) is 10.8 Å². The molecule has 114 valence electrons. The van der Waals surface area contributed by atoms with Crippen molar-refractivity contribution in [1.82, 2.24) is 9.55 Å². The molecule has 0 aliphatic carbocycles. The van der Waals surface area contributed by atoms with Gasteiger partial charge >= 0.3 is 5.97 Å². The Labute approximate surface area is 124 Å². The Hall–Kier alpha value is -2.74. The Balaban J connectivity index is 2.28. The second-order valence-electron chi connectivity index (χ2n) is 5.10. The molecule has 3 N–H and O–H groups in total. The van der Waals surface area contributed by atoms with Gasteiger partial charge in [0.25, 0.3) is 0 Å². The van der Waals surface area contributed by atoms with Crippen LogP contribution < -0.4 is 16.1 Å². The van der Waals surface area contributed by atoms with E-state index < -0.39 is 22.8 Å². The minimum absolute atomic E-state index is 0.0344. The summed E-state index contributed by atoms with van der Waals surface area (Å²) in [6.07, 6.45) is 2.43. The van der Waals surface area contributed by atoms with Crippen LogP contribution in [0, 0.1) is 5.82 Å². The summed E-state index contributed by atoms with van der Waals surface area (Å²) < 4.78 is 15.5. The molecule has 0 unspecified atom stereocenters. The standard InChI is InChI=1S/C14H13FN4O3/c1-2-18-6-9(14(21)22)11(20)8-3-10(15)13(17-12(8)18)19-4-7(16)5-19/h2-3,6-7H,1,4-5,16H2,(H,21,22). The molecule has 0 spiro atoms. The number of aromatic nitrogens is 2. The lowest BCUT2D eigenvalue weighted by Crippen LogP contribution is -2.56. The highest BCUT2D eigenvalue weighted by molar-refractivity contribution is 5.92. The van der Waals surface area contributed by atoms with Crippen molar-refractivity contribution in [1.29, 1.82) is 0 Å². The Kier molecular flexibility index (Phi) is 3.18. The first-order valence-corrected chi connectivity index (χ1v) is 6.54. The van der Waals surface area contributed by atoms with Gasteiger partial charge in [-0.05, 0) is 6.07 Å². The molecule has 1 aliphatic rings. The fourth-order valence-corrected chi connectivity index (χ4v) is 2.44. The largest absolute Gasteiger partial charge is 0.477 e. The van der Waals surface area contributed by atoms with Gasteiger partial charge in [0.05, 0.1) is 5.39 Å². The van der Waals surface area contributed by atoms with E-state index in [9.17, 15) is 14.0 Å². The molecular formula is C14H13FN4O3. The molecule has 0 amide bonds. The molecule has 1 aliphatic heterocycles. The Morgan fingerprint density at radius 2 is 2.23 bits per heavy atom. The van der Waals surface area contributed by atoms with Crippen LogP contribution in [0.3, 0.4) is 0 Å². The van der Waals surface area contributed by atoms with Crippen molar-refractivity contribution >= 4 is 29.0 Å². The van der Waals surface area contributed by atoms with Crippen LogP contribution in [0.15, 0.2) is 23.6 Å². The second kappa shape index (κ2) is 4.92. The smallest absolute Gasteiger partial charge is 0.341 e. The van der Waals surface area contributed by atoms with E-state index in [1.807, 2.05) is 0 Å². The highest BCUT2D eigenvalue weighted by atomic mass is 19.1. The van der Waals surface area contributed by atoms with Gasteiger partial charge in [0.1, 0.15) is 5.56 Å². The maximum atomic E-state index is 14.2. The molecular weight excluding hydrogens is 291 g/mol. The van der Waals surface area contributed by atoms with Crippen molar-refractivity contribution in [2.24, 2.45) is 5.73 Å². The predicted octanol–water partition coefficient (Wildman–Crippen LogP) is 0.482. The SMILES string of the molecule is C=Cn1cc(C(=O)O)c(=O)c2cc(F)c(N3CC(N)C3)nc21. The van der Waals surface area contributed by atoms with Gasteiger partial charge in [0.2, 0.25) is 5.43 Å². The van der Waals surface area contributed by atoms with E-state index in [1.54, 1.807) is 4.90 Å². The monoisotopic (exact) mass is 304 g/mol. The van der Waals surface area contributed by atoms with Gasteiger partial charge in [-0.2, -0.15) is 0 Å². The van der Waals surface area contributed by atoms with Crippen molar-refractivity contribution in [3.8, 4) is 0 Å². The zero-order valence-corrected chi connectivity index (χ0v) is 11.5. The van der Waals surface area contributed by atoms with E-state index in [0.29, 0.717) is 13.1 Å². The zero-order chi connectivity index (χ0) is 16.0. The van der Waals surface area contributed by atoms with E-state index >= 15 is 0 Å². The van der Waals surface area contributed by atoms with E-state index in [1.165, 1.54) is 10.8 Å². The highest BCUT2D eigenvalue weighted by Gasteiger charge is 2.28. The third-order valence-electron chi connectivity index (χ3n) is 3.58. The van der Waals surface area contributed by atoms with Crippen LogP contribution in [-0.4, -0.2) is 39.8 Å². The maximum absolute atomic E-state index is 14.2. The third kappa shape index (κ3) is 2.04. The minimum atomic E-state index is -1.39. The molecule has 3 rings (SSSR count). The summed E-state index contributed by atoms with van der Waals surface area (Å²) in [6, 6.07) is 0.976. The molecule has 0 saturated carbocycles. The summed E-state index contributed by atoms with van der Waals surface area (Å²) >= 11 is 0. The lowest BCUT2D eigenvalue weighted by Gasteiger charge is -2.37. The zero-order valence-electron chi connectivity index (χ0n) is 11.5. The third-order valence-corrected chi connectivity index (χ3v) is 3.58. The van der Waals surface area contributed by atoms with Gasteiger partial charge in [-0.1, -0.05) is 6.58 Å². The number of halogens is 1. The van der Waals surface area contributed by atoms with Crippen LogP contribution in [0.2, 0.25) is 0 Å². The van der Waals surface area contributed by atoms with Crippen LogP contribution in [0.4, 0.5) is 10.2 Å². The van der Waals surface area contributed by atoms with Gasteiger partial charge < -0.3 is 20.3 Å². The molecule has 1 fully saturated rings. The molecule has 3 heterocycles. The number of pyridine rings is 2. The first kappa shape index (κ1) is 14.2. The van der Waals surface area contributed by atoms with Gasteiger partial charge in [0.15, 0.2) is 17.3 Å². The van der Waals surface area contributed by atoms with Crippen LogP contribution in [0.25, 0.3) is 17.2 Å². The topological polar surface area (TPSA) is 101 Å². The number of carbonyl (C=O) groups is 1. The molecule has 1 saturated heterocycles. The number of hydrogen-bond donors (Lipinski definition) is 2. The van der Waals surface area contributed by atoms with Crippen LogP contribution in [-0.2, 0) is 0 Å². The van der Waals surface area contributed by atoms with Gasteiger partial charge in [-0.3, -0.25) is 4.79 Å². The lowest BCUT2D eigenvalue weighted by atomic mass is 10.1. The summed E-state index contributed by atoms with van der Waals surface area (Å²) in [4.78, 5) is 29.1. The van der Waals surface area contributed by atoms with Crippen molar-refractivity contribution in [3.63, 3.8) is 0 Å². The summed E-state index contributed by atoms with van der Waals surface area (Å²) in [5.74, 6) is -1.98. The van der Waals surface area contributed by atoms with E-state index in [2.05, 4.69) is 11.6 Å². The Morgan fingerprint density at radius 1 is 1.55 bits per heavy atom. The fourth-order valence-electron chi connectivity index (χ4n) is 2.44.